The molecule has 1 aromatic carbocycles. The second kappa shape index (κ2) is 6.95. The van der Waals surface area contributed by atoms with Gasteiger partial charge in [0.15, 0.2) is 22.9 Å². The van der Waals surface area contributed by atoms with Crippen LogP contribution in [0, 0.1) is 6.92 Å². The Balaban J connectivity index is 1.58. The fraction of sp³-hybridized carbons (Fsp3) is 0.353. The van der Waals surface area contributed by atoms with Crippen molar-refractivity contribution in [2.75, 3.05) is 13.1 Å². The third-order valence-corrected chi connectivity index (χ3v) is 4.29. The van der Waals surface area contributed by atoms with Gasteiger partial charge in [-0.15, -0.1) is 0 Å². The number of carbonyl (C=O) groups is 2. The van der Waals surface area contributed by atoms with Crippen molar-refractivity contribution >= 4 is 11.8 Å². The molecule has 1 fully saturated rings. The van der Waals surface area contributed by atoms with Crippen LogP contribution < -0.4 is 5.32 Å². The summed E-state index contributed by atoms with van der Waals surface area (Å²) in [5.74, 6) is -1.91. The maximum atomic E-state index is 12.5. The molecular formula is C17H19N3O6. The standard InChI is InChI=1S/C17H19N3O6/c1-9-6-12(19-26-9)16(24)18-11-2-4-20(5-3-11)17(25)10-7-13(21)15(23)14(22)8-10/h6-8,11,21-23H,2-5H2,1H3,(H,18,24). The van der Waals surface area contributed by atoms with Crippen LogP contribution in [0.3, 0.4) is 0 Å². The van der Waals surface area contributed by atoms with Gasteiger partial charge in [-0.3, -0.25) is 9.59 Å². The van der Waals surface area contributed by atoms with Crippen LogP contribution in [0.15, 0.2) is 22.7 Å². The van der Waals surface area contributed by atoms with E-state index in [1.807, 2.05) is 0 Å². The molecular weight excluding hydrogens is 342 g/mol. The predicted molar refractivity (Wildman–Crippen MR) is 89.1 cm³/mol. The predicted octanol–water partition coefficient (Wildman–Crippen LogP) is 1.13. The molecule has 1 aromatic heterocycles. The van der Waals surface area contributed by atoms with Crippen LogP contribution in [0.25, 0.3) is 0 Å². The third-order valence-electron chi connectivity index (χ3n) is 4.29. The summed E-state index contributed by atoms with van der Waals surface area (Å²) in [4.78, 5) is 26.1. The van der Waals surface area contributed by atoms with Gasteiger partial charge in [-0.2, -0.15) is 0 Å². The summed E-state index contributed by atoms with van der Waals surface area (Å²) < 4.78 is 4.88. The minimum atomic E-state index is -0.661. The van der Waals surface area contributed by atoms with E-state index in [-0.39, 0.29) is 29.1 Å². The molecule has 2 heterocycles. The number of piperidine rings is 1. The van der Waals surface area contributed by atoms with E-state index < -0.39 is 17.2 Å². The molecule has 0 saturated carbocycles. The zero-order valence-electron chi connectivity index (χ0n) is 14.1. The number of aromatic nitrogens is 1. The number of aromatic hydroxyl groups is 3. The monoisotopic (exact) mass is 361 g/mol. The summed E-state index contributed by atoms with van der Waals surface area (Å²) in [6.45, 7) is 2.51. The first-order valence-electron chi connectivity index (χ1n) is 8.13. The Hall–Kier alpha value is -3.23. The molecule has 0 atom stereocenters. The number of phenolic OH excluding ortho intramolecular Hbond substituents is 3. The van der Waals surface area contributed by atoms with Crippen LogP contribution in [0.2, 0.25) is 0 Å². The van der Waals surface area contributed by atoms with Crippen molar-refractivity contribution in [3.63, 3.8) is 0 Å². The Morgan fingerprint density at radius 1 is 1.15 bits per heavy atom. The zero-order chi connectivity index (χ0) is 18.8. The molecule has 9 nitrogen and oxygen atoms in total. The van der Waals surface area contributed by atoms with Crippen molar-refractivity contribution in [2.45, 2.75) is 25.8 Å². The van der Waals surface area contributed by atoms with Crippen LogP contribution in [0.1, 0.15) is 39.4 Å². The average Bonchev–Trinajstić information content (AvgIpc) is 3.06. The van der Waals surface area contributed by atoms with Crippen LogP contribution >= 0.6 is 0 Å². The van der Waals surface area contributed by atoms with Crippen molar-refractivity contribution in [2.24, 2.45) is 0 Å². The lowest BCUT2D eigenvalue weighted by Crippen LogP contribution is -2.46. The molecule has 0 radical (unpaired) electrons. The van der Waals surface area contributed by atoms with Crippen LogP contribution in [0.4, 0.5) is 0 Å². The molecule has 4 N–H and O–H groups in total. The first-order chi connectivity index (χ1) is 12.3. The van der Waals surface area contributed by atoms with Crippen LogP contribution in [-0.2, 0) is 0 Å². The number of nitrogens with one attached hydrogen (secondary N) is 1. The van der Waals surface area contributed by atoms with Gasteiger partial charge in [0.1, 0.15) is 5.76 Å². The van der Waals surface area contributed by atoms with Gasteiger partial charge < -0.3 is 30.1 Å². The lowest BCUT2D eigenvalue weighted by molar-refractivity contribution is 0.0696. The molecule has 26 heavy (non-hydrogen) atoms. The van der Waals surface area contributed by atoms with E-state index in [9.17, 15) is 24.9 Å². The van der Waals surface area contributed by atoms with Gasteiger partial charge in [0, 0.05) is 30.8 Å². The number of carbonyl (C=O) groups excluding carboxylic acids is 2. The summed E-state index contributed by atoms with van der Waals surface area (Å²) in [5.41, 5.74) is 0.300. The molecule has 1 aliphatic heterocycles. The number of benzene rings is 1. The van der Waals surface area contributed by atoms with Crippen molar-refractivity contribution in [1.29, 1.82) is 0 Å². The topological polar surface area (TPSA) is 136 Å². The van der Waals surface area contributed by atoms with Gasteiger partial charge >= 0.3 is 0 Å². The van der Waals surface area contributed by atoms with Gasteiger partial charge in [0.2, 0.25) is 0 Å². The number of aryl methyl sites for hydroxylation is 1. The lowest BCUT2D eigenvalue weighted by atomic mass is 10.0. The second-order valence-corrected chi connectivity index (χ2v) is 6.23. The van der Waals surface area contributed by atoms with E-state index in [4.69, 9.17) is 4.52 Å². The minimum Gasteiger partial charge on any atom is -0.504 e. The molecule has 0 bridgehead atoms. The Morgan fingerprint density at radius 2 is 1.77 bits per heavy atom. The van der Waals surface area contributed by atoms with E-state index in [1.165, 1.54) is 0 Å². The van der Waals surface area contributed by atoms with Crippen LogP contribution in [-0.4, -0.2) is 56.3 Å². The molecule has 1 saturated heterocycles. The molecule has 138 valence electrons. The normalized spacial score (nSPS) is 15.0. The molecule has 9 heteroatoms. The number of hydrogen-bond donors (Lipinski definition) is 4. The van der Waals surface area contributed by atoms with Gasteiger partial charge in [-0.05, 0) is 31.9 Å². The number of phenols is 3. The first kappa shape index (κ1) is 17.6. The van der Waals surface area contributed by atoms with E-state index in [0.717, 1.165) is 12.1 Å². The summed E-state index contributed by atoms with van der Waals surface area (Å²) in [6.07, 6.45) is 1.12. The maximum Gasteiger partial charge on any atom is 0.273 e. The Labute approximate surface area is 148 Å². The molecule has 2 amide bonds. The summed E-state index contributed by atoms with van der Waals surface area (Å²) in [7, 11) is 0. The lowest BCUT2D eigenvalue weighted by Gasteiger charge is -2.32. The zero-order valence-corrected chi connectivity index (χ0v) is 14.1. The van der Waals surface area contributed by atoms with E-state index in [2.05, 4.69) is 10.5 Å². The number of likely N-dealkylation sites (tertiary alicyclic amines) is 1. The Morgan fingerprint density at radius 3 is 2.31 bits per heavy atom. The van der Waals surface area contributed by atoms with E-state index in [0.29, 0.717) is 31.7 Å². The molecule has 0 unspecified atom stereocenters. The quantitative estimate of drug-likeness (QED) is 0.602. The van der Waals surface area contributed by atoms with Gasteiger partial charge in [0.25, 0.3) is 11.8 Å². The highest BCUT2D eigenvalue weighted by Crippen LogP contribution is 2.35. The highest BCUT2D eigenvalue weighted by Gasteiger charge is 2.26. The second-order valence-electron chi connectivity index (χ2n) is 6.23. The highest BCUT2D eigenvalue weighted by molar-refractivity contribution is 5.95. The number of nitrogens with zero attached hydrogens (tertiary/aromatic N) is 2. The molecule has 0 aliphatic carbocycles. The molecule has 1 aliphatic rings. The summed E-state index contributed by atoms with van der Waals surface area (Å²) in [5, 5.41) is 35.0. The summed E-state index contributed by atoms with van der Waals surface area (Å²) in [6, 6.07) is 3.68. The average molecular weight is 361 g/mol. The van der Waals surface area contributed by atoms with E-state index in [1.54, 1.807) is 17.9 Å². The number of rotatable bonds is 3. The first-order valence-corrected chi connectivity index (χ1v) is 8.13. The highest BCUT2D eigenvalue weighted by atomic mass is 16.5. The van der Waals surface area contributed by atoms with E-state index >= 15 is 0 Å². The fourth-order valence-corrected chi connectivity index (χ4v) is 2.87. The molecule has 2 aromatic rings. The fourth-order valence-electron chi connectivity index (χ4n) is 2.87. The van der Waals surface area contributed by atoms with Gasteiger partial charge in [-0.25, -0.2) is 0 Å². The Bertz CT molecular complexity index is 816. The third kappa shape index (κ3) is 3.56. The Kier molecular flexibility index (Phi) is 4.70. The van der Waals surface area contributed by atoms with Crippen molar-refractivity contribution in [3.8, 4) is 17.2 Å². The number of hydrogen-bond acceptors (Lipinski definition) is 7. The summed E-state index contributed by atoms with van der Waals surface area (Å²) >= 11 is 0. The van der Waals surface area contributed by atoms with Gasteiger partial charge in [-0.1, -0.05) is 5.16 Å². The van der Waals surface area contributed by atoms with Crippen molar-refractivity contribution in [3.05, 3.63) is 35.2 Å². The van der Waals surface area contributed by atoms with Crippen LogP contribution in [0.5, 0.6) is 17.2 Å². The largest absolute Gasteiger partial charge is 0.504 e. The van der Waals surface area contributed by atoms with Gasteiger partial charge in [0.05, 0.1) is 0 Å². The molecule has 0 spiro atoms. The number of amides is 2. The SMILES string of the molecule is Cc1cc(C(=O)NC2CCN(C(=O)c3cc(O)c(O)c(O)c3)CC2)no1. The van der Waals surface area contributed by atoms with Crippen molar-refractivity contribution < 1.29 is 29.4 Å². The minimum absolute atomic E-state index is 0.0818. The maximum absolute atomic E-state index is 12.5. The smallest absolute Gasteiger partial charge is 0.273 e. The molecule has 3 rings (SSSR count). The van der Waals surface area contributed by atoms with Crippen molar-refractivity contribution in [1.82, 2.24) is 15.4 Å².